The second kappa shape index (κ2) is 8.44. The van der Waals surface area contributed by atoms with Crippen molar-refractivity contribution >= 4 is 17.7 Å². The maximum atomic E-state index is 5.94. The number of thioether (sulfide) groups is 1. The molecule has 1 saturated heterocycles. The van der Waals surface area contributed by atoms with Gasteiger partial charge in [-0.05, 0) is 30.9 Å². The molecule has 0 spiro atoms. The first-order chi connectivity index (χ1) is 9.85. The Kier molecular flexibility index (Phi) is 6.56. The van der Waals surface area contributed by atoms with E-state index in [0.29, 0.717) is 6.04 Å². The predicted molar refractivity (Wildman–Crippen MR) is 86.3 cm³/mol. The second-order valence-electron chi connectivity index (χ2n) is 5.10. The predicted octanol–water partition coefficient (Wildman–Crippen LogP) is 1.07. The molecule has 1 aliphatic rings. The minimum Gasteiger partial charge on any atom is -0.338 e. The van der Waals surface area contributed by atoms with Gasteiger partial charge in [0.15, 0.2) is 0 Å². The van der Waals surface area contributed by atoms with Gasteiger partial charge >= 0.3 is 0 Å². The van der Waals surface area contributed by atoms with Crippen molar-refractivity contribution in [3.8, 4) is 0 Å². The second-order valence-corrected chi connectivity index (χ2v) is 6.08. The van der Waals surface area contributed by atoms with Crippen molar-refractivity contribution in [1.29, 1.82) is 0 Å². The molecule has 20 heavy (non-hydrogen) atoms. The molecule has 0 radical (unpaired) electrons. The molecule has 1 aromatic rings. The first-order valence-electron chi connectivity index (χ1n) is 7.30. The number of hydrogen-bond acceptors (Lipinski definition) is 6. The first-order valence-corrected chi connectivity index (χ1v) is 8.69. The summed E-state index contributed by atoms with van der Waals surface area (Å²) in [6.07, 6.45) is 8.24. The number of rotatable bonds is 7. The van der Waals surface area contributed by atoms with Crippen LogP contribution >= 0.6 is 11.8 Å². The van der Waals surface area contributed by atoms with E-state index in [1.807, 2.05) is 17.8 Å². The van der Waals surface area contributed by atoms with E-state index in [2.05, 4.69) is 26.0 Å². The Hall–Kier alpha value is -0.850. The lowest BCUT2D eigenvalue weighted by Gasteiger charge is -2.39. The molecule has 0 amide bonds. The third kappa shape index (κ3) is 4.33. The molecule has 1 aromatic heterocycles. The molecule has 0 aliphatic carbocycles. The third-order valence-electron chi connectivity index (χ3n) is 3.82. The van der Waals surface area contributed by atoms with E-state index >= 15 is 0 Å². The smallest absolute Gasteiger partial charge is 0.225 e. The molecule has 1 aliphatic heterocycles. The molecule has 5 nitrogen and oxygen atoms in total. The summed E-state index contributed by atoms with van der Waals surface area (Å²) in [4.78, 5) is 13.4. The van der Waals surface area contributed by atoms with E-state index in [9.17, 15) is 0 Å². The Morgan fingerprint density at radius 1 is 1.25 bits per heavy atom. The average molecular weight is 295 g/mol. The number of aromatic nitrogens is 2. The molecular weight excluding hydrogens is 270 g/mol. The van der Waals surface area contributed by atoms with E-state index < -0.39 is 0 Å². The van der Waals surface area contributed by atoms with Crippen LogP contribution in [0.4, 0.5) is 5.95 Å². The van der Waals surface area contributed by atoms with Gasteiger partial charge in [-0.3, -0.25) is 4.90 Å². The van der Waals surface area contributed by atoms with Crippen molar-refractivity contribution < 1.29 is 0 Å². The minimum atomic E-state index is 0.529. The minimum absolute atomic E-state index is 0.529. The van der Waals surface area contributed by atoms with Crippen molar-refractivity contribution in [3.05, 3.63) is 18.5 Å². The average Bonchev–Trinajstić information content (AvgIpc) is 2.53. The molecule has 2 heterocycles. The maximum Gasteiger partial charge on any atom is 0.225 e. The van der Waals surface area contributed by atoms with E-state index in [1.54, 1.807) is 12.4 Å². The van der Waals surface area contributed by atoms with E-state index in [0.717, 1.165) is 38.7 Å². The molecule has 0 aromatic carbocycles. The summed E-state index contributed by atoms with van der Waals surface area (Å²) in [7, 11) is 0. The van der Waals surface area contributed by atoms with Crippen LogP contribution in [0.5, 0.6) is 0 Å². The van der Waals surface area contributed by atoms with Gasteiger partial charge in [0, 0.05) is 51.2 Å². The Balaban J connectivity index is 1.80. The van der Waals surface area contributed by atoms with Crippen LogP contribution in [-0.2, 0) is 0 Å². The number of hydrogen-bond donors (Lipinski definition) is 1. The molecule has 1 atom stereocenters. The molecule has 0 saturated carbocycles. The van der Waals surface area contributed by atoms with Gasteiger partial charge in [0.25, 0.3) is 0 Å². The molecule has 112 valence electrons. The molecule has 2 rings (SSSR count). The van der Waals surface area contributed by atoms with E-state index in [1.165, 1.54) is 18.6 Å². The Bertz CT molecular complexity index is 367. The highest BCUT2D eigenvalue weighted by atomic mass is 32.2. The lowest BCUT2D eigenvalue weighted by Crippen LogP contribution is -2.52. The zero-order valence-corrected chi connectivity index (χ0v) is 13.1. The SMILES string of the molecule is CSCCCC(CN)N1CCN(c2ncccn2)CC1. The van der Waals surface area contributed by atoms with Gasteiger partial charge in [-0.15, -0.1) is 0 Å². The summed E-state index contributed by atoms with van der Waals surface area (Å²) < 4.78 is 0. The normalized spacial score (nSPS) is 18.2. The summed E-state index contributed by atoms with van der Waals surface area (Å²) in [5.41, 5.74) is 5.94. The number of anilines is 1. The summed E-state index contributed by atoms with van der Waals surface area (Å²) >= 11 is 1.91. The van der Waals surface area contributed by atoms with Crippen LogP contribution in [0.25, 0.3) is 0 Å². The summed E-state index contributed by atoms with van der Waals surface area (Å²) in [6.45, 7) is 4.85. The van der Waals surface area contributed by atoms with Crippen LogP contribution in [0.1, 0.15) is 12.8 Å². The quantitative estimate of drug-likeness (QED) is 0.759. The summed E-state index contributed by atoms with van der Waals surface area (Å²) in [5, 5.41) is 0. The lowest BCUT2D eigenvalue weighted by atomic mass is 10.1. The van der Waals surface area contributed by atoms with Crippen LogP contribution in [0.15, 0.2) is 18.5 Å². The van der Waals surface area contributed by atoms with Crippen molar-refractivity contribution in [1.82, 2.24) is 14.9 Å². The molecule has 6 heteroatoms. The van der Waals surface area contributed by atoms with Crippen LogP contribution in [0, 0.1) is 0 Å². The maximum absolute atomic E-state index is 5.94. The topological polar surface area (TPSA) is 58.3 Å². The molecule has 0 bridgehead atoms. The zero-order valence-electron chi connectivity index (χ0n) is 12.2. The summed E-state index contributed by atoms with van der Waals surface area (Å²) in [6, 6.07) is 2.39. The Morgan fingerprint density at radius 3 is 2.55 bits per heavy atom. The van der Waals surface area contributed by atoms with Gasteiger partial charge in [0.2, 0.25) is 5.95 Å². The highest BCUT2D eigenvalue weighted by molar-refractivity contribution is 7.98. The fourth-order valence-corrected chi connectivity index (χ4v) is 3.11. The van der Waals surface area contributed by atoms with Crippen LogP contribution < -0.4 is 10.6 Å². The van der Waals surface area contributed by atoms with Gasteiger partial charge in [0.05, 0.1) is 0 Å². The number of nitrogens with two attached hydrogens (primary N) is 1. The van der Waals surface area contributed by atoms with Crippen molar-refractivity contribution in [2.45, 2.75) is 18.9 Å². The lowest BCUT2D eigenvalue weighted by molar-refractivity contribution is 0.179. The van der Waals surface area contributed by atoms with Crippen molar-refractivity contribution in [3.63, 3.8) is 0 Å². The first kappa shape index (κ1) is 15.5. The monoisotopic (exact) mass is 295 g/mol. The van der Waals surface area contributed by atoms with E-state index in [4.69, 9.17) is 5.73 Å². The fraction of sp³-hybridized carbons (Fsp3) is 0.714. The van der Waals surface area contributed by atoms with Gasteiger partial charge in [-0.1, -0.05) is 0 Å². The van der Waals surface area contributed by atoms with Crippen molar-refractivity contribution in [2.75, 3.05) is 49.6 Å². The molecule has 2 N–H and O–H groups in total. The third-order valence-corrected chi connectivity index (χ3v) is 4.52. The van der Waals surface area contributed by atoms with E-state index in [-0.39, 0.29) is 0 Å². The highest BCUT2D eigenvalue weighted by Gasteiger charge is 2.23. The molecule has 1 unspecified atom stereocenters. The van der Waals surface area contributed by atoms with Crippen LogP contribution in [0.3, 0.4) is 0 Å². The van der Waals surface area contributed by atoms with Gasteiger partial charge in [-0.25, -0.2) is 9.97 Å². The largest absolute Gasteiger partial charge is 0.338 e. The van der Waals surface area contributed by atoms with Gasteiger partial charge < -0.3 is 10.6 Å². The van der Waals surface area contributed by atoms with Crippen LogP contribution in [-0.4, -0.2) is 65.6 Å². The molecular formula is C14H25N5S. The molecule has 1 fully saturated rings. The summed E-state index contributed by atoms with van der Waals surface area (Å²) in [5.74, 6) is 2.08. The highest BCUT2D eigenvalue weighted by Crippen LogP contribution is 2.14. The van der Waals surface area contributed by atoms with Gasteiger partial charge in [-0.2, -0.15) is 11.8 Å². The van der Waals surface area contributed by atoms with Crippen LogP contribution in [0.2, 0.25) is 0 Å². The number of nitrogens with zero attached hydrogens (tertiary/aromatic N) is 4. The Labute approximate surface area is 125 Å². The van der Waals surface area contributed by atoms with Crippen molar-refractivity contribution in [2.24, 2.45) is 5.73 Å². The fourth-order valence-electron chi connectivity index (χ4n) is 2.65. The Morgan fingerprint density at radius 2 is 1.95 bits per heavy atom. The standard InChI is InChI=1S/C14H25N5S/c1-20-11-2-4-13(12-15)18-7-9-19(10-8-18)14-16-5-3-6-17-14/h3,5-6,13H,2,4,7-12,15H2,1H3. The number of piperazine rings is 1. The zero-order chi connectivity index (χ0) is 14.2. The van der Waals surface area contributed by atoms with Gasteiger partial charge in [0.1, 0.15) is 0 Å².